The van der Waals surface area contributed by atoms with Gasteiger partial charge in [-0.1, -0.05) is 19.1 Å². The summed E-state index contributed by atoms with van der Waals surface area (Å²) >= 11 is 1.64. The average molecular weight is 211 g/mol. The second-order valence-electron chi connectivity index (χ2n) is 3.27. The Balaban J connectivity index is 2.68. The van der Waals surface area contributed by atoms with Crippen molar-refractivity contribution in [1.82, 2.24) is 0 Å². The van der Waals surface area contributed by atoms with E-state index in [-0.39, 0.29) is 6.04 Å². The molecule has 2 N–H and O–H groups in total. The Hall–Kier alpha value is -0.800. The molecule has 3 heteroatoms. The molecular formula is C11H17NOS. The van der Waals surface area contributed by atoms with Crippen molar-refractivity contribution in [2.45, 2.75) is 25.8 Å². The van der Waals surface area contributed by atoms with E-state index in [1.54, 1.807) is 18.4 Å². The van der Waals surface area contributed by atoms with Gasteiger partial charge in [-0.3, -0.25) is 0 Å². The Morgan fingerprint density at radius 2 is 2.43 bits per heavy atom. The summed E-state index contributed by atoms with van der Waals surface area (Å²) in [4.78, 5) is 1.11. The van der Waals surface area contributed by atoms with Crippen LogP contribution in [0, 0.1) is 0 Å². The highest BCUT2D eigenvalue weighted by Gasteiger charge is 2.13. The summed E-state index contributed by atoms with van der Waals surface area (Å²) < 4.78 is 5.22. The molecule has 1 aromatic heterocycles. The molecule has 14 heavy (non-hydrogen) atoms. The summed E-state index contributed by atoms with van der Waals surface area (Å²) in [6.45, 7) is 6.06. The molecular weight excluding hydrogens is 194 g/mol. The molecule has 0 aliphatic heterocycles. The van der Waals surface area contributed by atoms with Gasteiger partial charge in [0.25, 0.3) is 0 Å². The van der Waals surface area contributed by atoms with Gasteiger partial charge in [-0.2, -0.15) is 0 Å². The fourth-order valence-corrected chi connectivity index (χ4v) is 2.16. The van der Waals surface area contributed by atoms with Gasteiger partial charge >= 0.3 is 0 Å². The number of methoxy groups -OCH3 is 1. The average Bonchev–Trinajstić information content (AvgIpc) is 2.65. The highest BCUT2D eigenvalue weighted by molar-refractivity contribution is 7.10. The van der Waals surface area contributed by atoms with Gasteiger partial charge in [-0.05, 0) is 24.3 Å². The summed E-state index contributed by atoms with van der Waals surface area (Å²) in [5, 5.41) is 2.00. The Morgan fingerprint density at radius 3 is 3.00 bits per heavy atom. The first kappa shape index (κ1) is 11.3. The fourth-order valence-electron chi connectivity index (χ4n) is 1.30. The van der Waals surface area contributed by atoms with Gasteiger partial charge < -0.3 is 10.5 Å². The van der Waals surface area contributed by atoms with Crippen LogP contribution >= 0.6 is 11.3 Å². The molecule has 78 valence electrons. The number of nitrogens with two attached hydrogens (primary N) is 1. The van der Waals surface area contributed by atoms with Crippen molar-refractivity contribution in [1.29, 1.82) is 0 Å². The van der Waals surface area contributed by atoms with Crippen LogP contribution in [0.5, 0.6) is 5.75 Å². The molecule has 0 spiro atoms. The van der Waals surface area contributed by atoms with E-state index in [0.29, 0.717) is 0 Å². The van der Waals surface area contributed by atoms with Crippen molar-refractivity contribution in [2.75, 3.05) is 7.11 Å². The zero-order valence-electron chi connectivity index (χ0n) is 8.75. The van der Waals surface area contributed by atoms with Crippen LogP contribution in [0.25, 0.3) is 0 Å². The van der Waals surface area contributed by atoms with Crippen LogP contribution in [0.4, 0.5) is 0 Å². The largest absolute Gasteiger partial charge is 0.496 e. The number of thiophene rings is 1. The van der Waals surface area contributed by atoms with E-state index in [4.69, 9.17) is 10.5 Å². The van der Waals surface area contributed by atoms with Gasteiger partial charge in [0.2, 0.25) is 0 Å². The van der Waals surface area contributed by atoms with Gasteiger partial charge in [0.1, 0.15) is 5.75 Å². The van der Waals surface area contributed by atoms with Gasteiger partial charge in [0.05, 0.1) is 12.0 Å². The van der Waals surface area contributed by atoms with E-state index in [1.807, 2.05) is 11.4 Å². The summed E-state index contributed by atoms with van der Waals surface area (Å²) in [6.07, 6.45) is 1.83. The lowest BCUT2D eigenvalue weighted by Crippen LogP contribution is -2.10. The molecule has 0 aliphatic carbocycles. The van der Waals surface area contributed by atoms with E-state index >= 15 is 0 Å². The first-order chi connectivity index (χ1) is 6.69. The Bertz CT molecular complexity index is 306. The van der Waals surface area contributed by atoms with E-state index in [9.17, 15) is 0 Å². The van der Waals surface area contributed by atoms with Crippen molar-refractivity contribution in [2.24, 2.45) is 5.73 Å². The highest BCUT2D eigenvalue weighted by Crippen LogP contribution is 2.32. The molecule has 2 nitrogen and oxygen atoms in total. The molecule has 1 unspecified atom stereocenters. The SMILES string of the molecule is C=C(CC)CC(N)c1sccc1OC. The molecule has 0 aliphatic rings. The number of hydrogen-bond donors (Lipinski definition) is 1. The van der Waals surface area contributed by atoms with Crippen LogP contribution in [-0.2, 0) is 0 Å². The maximum absolute atomic E-state index is 6.06. The molecule has 0 fully saturated rings. The predicted molar refractivity (Wildman–Crippen MR) is 61.8 cm³/mol. The van der Waals surface area contributed by atoms with Gasteiger partial charge in [-0.25, -0.2) is 0 Å². The summed E-state index contributed by atoms with van der Waals surface area (Å²) in [6, 6.07) is 1.98. The van der Waals surface area contributed by atoms with E-state index in [2.05, 4.69) is 13.5 Å². The Kier molecular flexibility index (Phi) is 4.17. The lowest BCUT2D eigenvalue weighted by Gasteiger charge is -2.12. The van der Waals surface area contributed by atoms with Crippen molar-refractivity contribution in [3.05, 3.63) is 28.5 Å². The van der Waals surface area contributed by atoms with Gasteiger partial charge in [0.15, 0.2) is 0 Å². The zero-order chi connectivity index (χ0) is 10.6. The molecule has 0 bridgehead atoms. The fraction of sp³-hybridized carbons (Fsp3) is 0.455. The van der Waals surface area contributed by atoms with E-state index in [1.165, 1.54) is 5.57 Å². The van der Waals surface area contributed by atoms with Crippen molar-refractivity contribution < 1.29 is 4.74 Å². The van der Waals surface area contributed by atoms with E-state index in [0.717, 1.165) is 23.5 Å². The minimum absolute atomic E-state index is 0.0254. The number of rotatable bonds is 5. The normalized spacial score (nSPS) is 12.5. The molecule has 1 heterocycles. The van der Waals surface area contributed by atoms with Crippen molar-refractivity contribution in [3.63, 3.8) is 0 Å². The molecule has 0 aromatic carbocycles. The molecule has 0 radical (unpaired) electrons. The standard InChI is InChI=1S/C11H17NOS/c1-4-8(2)7-9(12)11-10(13-3)5-6-14-11/h5-6,9H,2,4,7,12H2,1,3H3. The quantitative estimate of drug-likeness (QED) is 0.759. The smallest absolute Gasteiger partial charge is 0.134 e. The van der Waals surface area contributed by atoms with Crippen LogP contribution < -0.4 is 10.5 Å². The zero-order valence-corrected chi connectivity index (χ0v) is 9.56. The van der Waals surface area contributed by atoms with Crippen LogP contribution in [0.3, 0.4) is 0 Å². The highest BCUT2D eigenvalue weighted by atomic mass is 32.1. The van der Waals surface area contributed by atoms with Crippen molar-refractivity contribution >= 4 is 11.3 Å². The first-order valence-electron chi connectivity index (χ1n) is 4.72. The van der Waals surface area contributed by atoms with Crippen LogP contribution in [-0.4, -0.2) is 7.11 Å². The molecule has 0 saturated heterocycles. The monoisotopic (exact) mass is 211 g/mol. The third-order valence-corrected chi connectivity index (χ3v) is 3.25. The molecule has 0 saturated carbocycles. The molecule has 1 aromatic rings. The molecule has 1 atom stereocenters. The van der Waals surface area contributed by atoms with E-state index < -0.39 is 0 Å². The maximum atomic E-state index is 6.06. The Morgan fingerprint density at radius 1 is 1.71 bits per heavy atom. The number of hydrogen-bond acceptors (Lipinski definition) is 3. The molecule has 0 amide bonds. The minimum Gasteiger partial charge on any atom is -0.496 e. The second-order valence-corrected chi connectivity index (χ2v) is 4.22. The molecule has 1 rings (SSSR count). The third kappa shape index (κ3) is 2.59. The van der Waals surface area contributed by atoms with Gasteiger partial charge in [-0.15, -0.1) is 11.3 Å². The predicted octanol–water partition coefficient (Wildman–Crippen LogP) is 3.11. The number of ether oxygens (including phenoxy) is 1. The van der Waals surface area contributed by atoms with Crippen LogP contribution in [0.15, 0.2) is 23.6 Å². The summed E-state index contributed by atoms with van der Waals surface area (Å²) in [5.41, 5.74) is 7.25. The topological polar surface area (TPSA) is 35.2 Å². The lowest BCUT2D eigenvalue weighted by molar-refractivity contribution is 0.408. The van der Waals surface area contributed by atoms with Gasteiger partial charge in [0, 0.05) is 6.04 Å². The van der Waals surface area contributed by atoms with Crippen molar-refractivity contribution in [3.8, 4) is 5.75 Å². The Labute approximate surface area is 89.4 Å². The second kappa shape index (κ2) is 5.17. The third-order valence-electron chi connectivity index (χ3n) is 2.22. The first-order valence-corrected chi connectivity index (χ1v) is 5.60. The maximum Gasteiger partial charge on any atom is 0.134 e. The summed E-state index contributed by atoms with van der Waals surface area (Å²) in [5.74, 6) is 0.895. The van der Waals surface area contributed by atoms with Crippen LogP contribution in [0.1, 0.15) is 30.7 Å². The minimum atomic E-state index is 0.0254. The van der Waals surface area contributed by atoms with Crippen LogP contribution in [0.2, 0.25) is 0 Å². The summed E-state index contributed by atoms with van der Waals surface area (Å²) in [7, 11) is 1.67. The lowest BCUT2D eigenvalue weighted by atomic mass is 10.1.